The molecule has 8 heteroatoms. The summed E-state index contributed by atoms with van der Waals surface area (Å²) in [5, 5.41) is 2.96. The Morgan fingerprint density at radius 1 is 1.00 bits per heavy atom. The van der Waals surface area contributed by atoms with Gasteiger partial charge in [0, 0.05) is 48.6 Å². The number of aromatic nitrogens is 2. The molecular formula is C23H21BrFN5O. The van der Waals surface area contributed by atoms with Gasteiger partial charge in [-0.3, -0.25) is 0 Å². The van der Waals surface area contributed by atoms with E-state index >= 15 is 0 Å². The van der Waals surface area contributed by atoms with Crippen LogP contribution in [-0.2, 0) is 0 Å². The summed E-state index contributed by atoms with van der Waals surface area (Å²) in [5.41, 5.74) is 3.23. The van der Waals surface area contributed by atoms with E-state index < -0.39 is 0 Å². The number of nitrogens with zero attached hydrogens (tertiary/aromatic N) is 4. The average Bonchev–Trinajstić information content (AvgIpc) is 3.12. The molecular weight excluding hydrogens is 461 g/mol. The van der Waals surface area contributed by atoms with Crippen molar-refractivity contribution in [2.45, 2.75) is 6.42 Å². The Kier molecular flexibility index (Phi) is 5.23. The minimum absolute atomic E-state index is 0.106. The van der Waals surface area contributed by atoms with Crippen LogP contribution in [0.2, 0.25) is 0 Å². The van der Waals surface area contributed by atoms with E-state index in [4.69, 9.17) is 4.98 Å². The van der Waals surface area contributed by atoms with Crippen molar-refractivity contribution in [2.24, 2.45) is 0 Å². The zero-order valence-corrected chi connectivity index (χ0v) is 18.3. The first-order valence-corrected chi connectivity index (χ1v) is 11.0. The van der Waals surface area contributed by atoms with Gasteiger partial charge in [-0.25, -0.2) is 14.2 Å². The lowest BCUT2D eigenvalue weighted by Gasteiger charge is -2.24. The molecule has 0 unspecified atom stereocenters. The number of fused-ring (bicyclic) bond motifs is 3. The fraction of sp³-hybridized carbons (Fsp3) is 0.217. The molecule has 0 saturated carbocycles. The van der Waals surface area contributed by atoms with Crippen LogP contribution in [0.3, 0.4) is 0 Å². The first kappa shape index (κ1) is 19.8. The van der Waals surface area contributed by atoms with E-state index in [1.54, 1.807) is 6.07 Å². The van der Waals surface area contributed by atoms with Gasteiger partial charge in [0.05, 0.1) is 16.6 Å². The van der Waals surface area contributed by atoms with Crippen LogP contribution in [0.15, 0.2) is 65.3 Å². The van der Waals surface area contributed by atoms with Gasteiger partial charge < -0.3 is 19.5 Å². The van der Waals surface area contributed by atoms with Crippen molar-refractivity contribution in [3.05, 3.63) is 71.1 Å². The Morgan fingerprint density at radius 2 is 1.84 bits per heavy atom. The van der Waals surface area contributed by atoms with Gasteiger partial charge >= 0.3 is 6.03 Å². The largest absolute Gasteiger partial charge is 0.353 e. The van der Waals surface area contributed by atoms with Crippen molar-refractivity contribution < 1.29 is 9.18 Å². The first-order chi connectivity index (χ1) is 15.1. The monoisotopic (exact) mass is 481 g/mol. The minimum Gasteiger partial charge on any atom is -0.353 e. The maximum atomic E-state index is 13.8. The predicted molar refractivity (Wildman–Crippen MR) is 124 cm³/mol. The van der Waals surface area contributed by atoms with E-state index in [-0.39, 0.29) is 11.8 Å². The highest BCUT2D eigenvalue weighted by Crippen LogP contribution is 2.27. The topological polar surface area (TPSA) is 52.9 Å². The molecule has 5 rings (SSSR count). The number of benzene rings is 2. The Hall–Kier alpha value is -3.13. The number of urea groups is 1. The third kappa shape index (κ3) is 3.95. The molecule has 0 radical (unpaired) electrons. The van der Waals surface area contributed by atoms with Crippen molar-refractivity contribution in [3.8, 4) is 0 Å². The Bertz CT molecular complexity index is 1260. The second-order valence-electron chi connectivity index (χ2n) is 7.60. The van der Waals surface area contributed by atoms with Crippen LogP contribution >= 0.6 is 15.9 Å². The normalized spacial score (nSPS) is 14.8. The highest BCUT2D eigenvalue weighted by Gasteiger charge is 2.22. The van der Waals surface area contributed by atoms with E-state index in [2.05, 4.69) is 26.1 Å². The Balaban J connectivity index is 1.37. The summed E-state index contributed by atoms with van der Waals surface area (Å²) in [6.07, 6.45) is 2.79. The van der Waals surface area contributed by atoms with Gasteiger partial charge in [0.1, 0.15) is 5.82 Å². The van der Waals surface area contributed by atoms with Crippen LogP contribution in [0.1, 0.15) is 6.42 Å². The number of hydrogen-bond donors (Lipinski definition) is 1. The van der Waals surface area contributed by atoms with Crippen LogP contribution in [-0.4, -0.2) is 46.5 Å². The number of anilines is 2. The molecule has 31 heavy (non-hydrogen) atoms. The van der Waals surface area contributed by atoms with Gasteiger partial charge in [-0.2, -0.15) is 0 Å². The molecule has 1 aliphatic heterocycles. The van der Waals surface area contributed by atoms with Crippen molar-refractivity contribution in [1.29, 1.82) is 0 Å². The van der Waals surface area contributed by atoms with Gasteiger partial charge in [0.2, 0.25) is 0 Å². The fourth-order valence-corrected chi connectivity index (χ4v) is 4.30. The highest BCUT2D eigenvalue weighted by molar-refractivity contribution is 9.10. The molecule has 2 aromatic carbocycles. The van der Waals surface area contributed by atoms with Crippen molar-refractivity contribution in [1.82, 2.24) is 14.3 Å². The number of amides is 2. The van der Waals surface area contributed by atoms with Crippen LogP contribution in [0.5, 0.6) is 0 Å². The lowest BCUT2D eigenvalue weighted by atomic mass is 10.2. The second-order valence-corrected chi connectivity index (χ2v) is 8.51. The molecule has 158 valence electrons. The SMILES string of the molecule is O=C(Nc1ccc(Br)cc1)N1CCCN(c2nc3cc(F)ccc3n3cccc23)CC1. The maximum Gasteiger partial charge on any atom is 0.321 e. The van der Waals surface area contributed by atoms with Crippen molar-refractivity contribution >= 4 is 50.0 Å². The van der Waals surface area contributed by atoms with E-state index in [9.17, 15) is 9.18 Å². The van der Waals surface area contributed by atoms with Gasteiger partial charge in [-0.1, -0.05) is 15.9 Å². The number of rotatable bonds is 2. The number of carbonyl (C=O) groups is 1. The zero-order valence-electron chi connectivity index (χ0n) is 16.8. The van der Waals surface area contributed by atoms with Gasteiger partial charge in [-0.05, 0) is 55.0 Å². The van der Waals surface area contributed by atoms with E-state index in [0.29, 0.717) is 25.2 Å². The maximum absolute atomic E-state index is 13.8. The molecule has 1 N–H and O–H groups in total. The standard InChI is InChI=1S/C23H21BrFN5O/c24-16-4-7-18(8-5-16)26-23(31)29-11-2-10-28(13-14-29)22-21-3-1-12-30(21)20-9-6-17(25)15-19(20)27-22/h1,3-9,12,15H,2,10-11,13-14H2,(H,26,31). The molecule has 2 amide bonds. The summed E-state index contributed by atoms with van der Waals surface area (Å²) in [4.78, 5) is 21.6. The van der Waals surface area contributed by atoms with E-state index in [1.807, 2.05) is 51.9 Å². The Morgan fingerprint density at radius 3 is 2.68 bits per heavy atom. The quantitative estimate of drug-likeness (QED) is 0.431. The molecule has 1 aliphatic rings. The molecule has 1 saturated heterocycles. The summed E-state index contributed by atoms with van der Waals surface area (Å²) in [7, 11) is 0. The highest BCUT2D eigenvalue weighted by atomic mass is 79.9. The summed E-state index contributed by atoms with van der Waals surface area (Å²) in [5.74, 6) is 0.516. The fourth-order valence-electron chi connectivity index (χ4n) is 4.04. The van der Waals surface area contributed by atoms with Crippen LogP contribution in [0.4, 0.5) is 20.7 Å². The summed E-state index contributed by atoms with van der Waals surface area (Å²) in [6.45, 7) is 2.68. The average molecular weight is 482 g/mol. The lowest BCUT2D eigenvalue weighted by Crippen LogP contribution is -2.38. The van der Waals surface area contributed by atoms with Gasteiger partial charge in [-0.15, -0.1) is 0 Å². The molecule has 0 atom stereocenters. The number of nitrogens with one attached hydrogen (secondary N) is 1. The van der Waals surface area contributed by atoms with Gasteiger partial charge in [0.25, 0.3) is 0 Å². The summed E-state index contributed by atoms with van der Waals surface area (Å²) >= 11 is 3.40. The predicted octanol–water partition coefficient (Wildman–Crippen LogP) is 5.13. The van der Waals surface area contributed by atoms with Crippen LogP contribution < -0.4 is 10.2 Å². The number of halogens is 2. The summed E-state index contributed by atoms with van der Waals surface area (Å²) < 4.78 is 16.8. The van der Waals surface area contributed by atoms with Gasteiger partial charge in [0.15, 0.2) is 5.82 Å². The van der Waals surface area contributed by atoms with E-state index in [0.717, 1.165) is 40.0 Å². The molecule has 1 fully saturated rings. The van der Waals surface area contributed by atoms with Crippen LogP contribution in [0.25, 0.3) is 16.6 Å². The molecule has 0 spiro atoms. The molecule has 3 heterocycles. The number of hydrogen-bond acceptors (Lipinski definition) is 3. The van der Waals surface area contributed by atoms with Crippen molar-refractivity contribution in [2.75, 3.05) is 36.4 Å². The zero-order chi connectivity index (χ0) is 21.4. The van der Waals surface area contributed by atoms with E-state index in [1.165, 1.54) is 12.1 Å². The molecule has 6 nitrogen and oxygen atoms in total. The third-order valence-electron chi connectivity index (χ3n) is 5.58. The smallest absolute Gasteiger partial charge is 0.321 e. The molecule has 4 aromatic rings. The number of carbonyl (C=O) groups excluding carboxylic acids is 1. The van der Waals surface area contributed by atoms with Crippen molar-refractivity contribution in [3.63, 3.8) is 0 Å². The minimum atomic E-state index is -0.302. The summed E-state index contributed by atoms with van der Waals surface area (Å²) in [6, 6.07) is 16.1. The molecule has 0 aliphatic carbocycles. The van der Waals surface area contributed by atoms with Crippen LogP contribution in [0, 0.1) is 5.82 Å². The first-order valence-electron chi connectivity index (χ1n) is 10.2. The second kappa shape index (κ2) is 8.19. The third-order valence-corrected chi connectivity index (χ3v) is 6.11. The molecule has 0 bridgehead atoms. The lowest BCUT2D eigenvalue weighted by molar-refractivity contribution is 0.215. The Labute approximate surface area is 187 Å². The molecule has 2 aromatic heterocycles.